The van der Waals surface area contributed by atoms with Crippen LogP contribution in [-0.2, 0) is 0 Å². The van der Waals surface area contributed by atoms with Crippen LogP contribution in [0.2, 0.25) is 0 Å². The number of aromatic nitrogens is 1. The van der Waals surface area contributed by atoms with Crippen LogP contribution < -0.4 is 10.5 Å². The summed E-state index contributed by atoms with van der Waals surface area (Å²) in [6.07, 6.45) is 1.85. The number of para-hydroxylation sites is 1. The van der Waals surface area contributed by atoms with Crippen molar-refractivity contribution in [2.75, 3.05) is 0 Å². The van der Waals surface area contributed by atoms with E-state index in [1.54, 1.807) is 11.3 Å². The first-order valence-electron chi connectivity index (χ1n) is 6.73. The van der Waals surface area contributed by atoms with Gasteiger partial charge in [-0.3, -0.25) is 0 Å². The monoisotopic (exact) mass is 296 g/mol. The molecule has 0 amide bonds. The Balaban J connectivity index is 1.83. The molecule has 0 saturated carbocycles. The zero-order chi connectivity index (χ0) is 14.7. The third-order valence-corrected chi connectivity index (χ3v) is 4.10. The lowest BCUT2D eigenvalue weighted by Crippen LogP contribution is -2.11. The van der Waals surface area contributed by atoms with E-state index in [1.807, 2.05) is 67.7 Å². The number of ether oxygens (including phenoxy) is 1. The molecule has 1 atom stereocenters. The first kappa shape index (κ1) is 13.8. The fraction of sp³-hybridized carbons (Fsp3) is 0.118. The molecule has 4 heteroatoms. The molecule has 0 bridgehead atoms. The van der Waals surface area contributed by atoms with E-state index in [9.17, 15) is 0 Å². The number of nitrogens with two attached hydrogens (primary N) is 1. The largest absolute Gasteiger partial charge is 0.457 e. The fourth-order valence-electron chi connectivity index (χ4n) is 2.05. The predicted octanol–water partition coefficient (Wildman–Crippen LogP) is 4.29. The number of nitrogens with zero attached hydrogens (tertiary/aromatic N) is 1. The molecule has 106 valence electrons. The van der Waals surface area contributed by atoms with Gasteiger partial charge >= 0.3 is 0 Å². The summed E-state index contributed by atoms with van der Waals surface area (Å²) in [7, 11) is 0. The Bertz CT molecular complexity index is 724. The normalized spacial score (nSPS) is 12.1. The highest BCUT2D eigenvalue weighted by Gasteiger charge is 2.13. The molecule has 0 aliphatic heterocycles. The van der Waals surface area contributed by atoms with Crippen LogP contribution in [0.3, 0.4) is 0 Å². The lowest BCUT2D eigenvalue weighted by Gasteiger charge is -2.11. The standard InChI is InChI=1S/C17H16N2OS/c1-12-11-19-17(21-12)16(18)13-6-5-9-15(10-13)20-14-7-3-2-4-8-14/h2-11,16H,18H2,1H3. The van der Waals surface area contributed by atoms with Gasteiger partial charge in [-0.25, -0.2) is 4.98 Å². The maximum absolute atomic E-state index is 6.28. The van der Waals surface area contributed by atoms with E-state index in [-0.39, 0.29) is 6.04 Å². The topological polar surface area (TPSA) is 48.1 Å². The zero-order valence-corrected chi connectivity index (χ0v) is 12.5. The number of thiazole rings is 1. The van der Waals surface area contributed by atoms with Gasteiger partial charge in [0.1, 0.15) is 16.5 Å². The van der Waals surface area contributed by atoms with Gasteiger partial charge in [0.25, 0.3) is 0 Å². The van der Waals surface area contributed by atoms with Gasteiger partial charge in [0.05, 0.1) is 6.04 Å². The van der Waals surface area contributed by atoms with Gasteiger partial charge in [0.15, 0.2) is 0 Å². The molecular formula is C17H16N2OS. The summed E-state index contributed by atoms with van der Waals surface area (Å²) in [5.41, 5.74) is 7.28. The van der Waals surface area contributed by atoms with Crippen LogP contribution in [0.1, 0.15) is 21.5 Å². The Morgan fingerprint density at radius 2 is 1.81 bits per heavy atom. The van der Waals surface area contributed by atoms with E-state index in [0.29, 0.717) is 0 Å². The van der Waals surface area contributed by atoms with Crippen LogP contribution in [-0.4, -0.2) is 4.98 Å². The molecule has 1 aromatic heterocycles. The van der Waals surface area contributed by atoms with Gasteiger partial charge < -0.3 is 10.5 Å². The first-order chi connectivity index (χ1) is 10.2. The molecule has 3 aromatic rings. The van der Waals surface area contributed by atoms with Crippen molar-refractivity contribution < 1.29 is 4.74 Å². The summed E-state index contributed by atoms with van der Waals surface area (Å²) < 4.78 is 5.84. The summed E-state index contributed by atoms with van der Waals surface area (Å²) in [6, 6.07) is 17.3. The van der Waals surface area contributed by atoms with Gasteiger partial charge in [-0.15, -0.1) is 11.3 Å². The maximum Gasteiger partial charge on any atom is 0.127 e. The Kier molecular flexibility index (Phi) is 3.99. The number of benzene rings is 2. The number of rotatable bonds is 4. The highest BCUT2D eigenvalue weighted by atomic mass is 32.1. The molecule has 0 radical (unpaired) electrons. The van der Waals surface area contributed by atoms with Gasteiger partial charge in [0, 0.05) is 11.1 Å². The summed E-state index contributed by atoms with van der Waals surface area (Å²) in [6.45, 7) is 2.03. The predicted molar refractivity (Wildman–Crippen MR) is 85.8 cm³/mol. The van der Waals surface area contributed by atoms with E-state index in [1.165, 1.54) is 0 Å². The molecule has 0 aliphatic carbocycles. The molecule has 21 heavy (non-hydrogen) atoms. The third kappa shape index (κ3) is 3.29. The van der Waals surface area contributed by atoms with E-state index < -0.39 is 0 Å². The molecule has 0 saturated heterocycles. The van der Waals surface area contributed by atoms with Gasteiger partial charge in [-0.05, 0) is 36.8 Å². The summed E-state index contributed by atoms with van der Waals surface area (Å²) >= 11 is 1.62. The quantitative estimate of drug-likeness (QED) is 0.781. The van der Waals surface area contributed by atoms with Crippen LogP contribution in [0.25, 0.3) is 0 Å². The molecule has 0 fully saturated rings. The number of hydrogen-bond donors (Lipinski definition) is 1. The van der Waals surface area contributed by atoms with E-state index in [0.717, 1.165) is 26.9 Å². The van der Waals surface area contributed by atoms with Crippen LogP contribution in [0.4, 0.5) is 0 Å². The second-order valence-electron chi connectivity index (χ2n) is 4.77. The van der Waals surface area contributed by atoms with Crippen LogP contribution in [0, 0.1) is 6.92 Å². The Morgan fingerprint density at radius 3 is 2.52 bits per heavy atom. The molecule has 0 aliphatic rings. The second-order valence-corrected chi connectivity index (χ2v) is 6.04. The van der Waals surface area contributed by atoms with E-state index >= 15 is 0 Å². The smallest absolute Gasteiger partial charge is 0.127 e. The molecule has 0 spiro atoms. The van der Waals surface area contributed by atoms with Crippen molar-refractivity contribution in [1.29, 1.82) is 0 Å². The molecular weight excluding hydrogens is 280 g/mol. The molecule has 2 aromatic carbocycles. The van der Waals surface area contributed by atoms with Crippen molar-refractivity contribution in [3.05, 3.63) is 76.2 Å². The SMILES string of the molecule is Cc1cnc(C(N)c2cccc(Oc3ccccc3)c2)s1. The lowest BCUT2D eigenvalue weighted by atomic mass is 10.1. The van der Waals surface area contributed by atoms with Crippen molar-refractivity contribution in [2.24, 2.45) is 5.73 Å². The highest BCUT2D eigenvalue weighted by molar-refractivity contribution is 7.11. The number of hydrogen-bond acceptors (Lipinski definition) is 4. The maximum atomic E-state index is 6.28. The zero-order valence-electron chi connectivity index (χ0n) is 11.7. The molecule has 3 rings (SSSR count). The van der Waals surface area contributed by atoms with Gasteiger partial charge in [0.2, 0.25) is 0 Å². The lowest BCUT2D eigenvalue weighted by molar-refractivity contribution is 0.481. The Hall–Kier alpha value is -2.17. The third-order valence-electron chi connectivity index (χ3n) is 3.10. The molecule has 2 N–H and O–H groups in total. The first-order valence-corrected chi connectivity index (χ1v) is 7.55. The van der Waals surface area contributed by atoms with Crippen molar-refractivity contribution in [2.45, 2.75) is 13.0 Å². The summed E-state index contributed by atoms with van der Waals surface area (Å²) in [5.74, 6) is 1.59. The van der Waals surface area contributed by atoms with Crippen LogP contribution >= 0.6 is 11.3 Å². The molecule has 1 heterocycles. The average Bonchev–Trinajstić information content (AvgIpc) is 2.94. The Morgan fingerprint density at radius 1 is 1.05 bits per heavy atom. The fourth-order valence-corrected chi connectivity index (χ4v) is 2.86. The minimum Gasteiger partial charge on any atom is -0.457 e. The van der Waals surface area contributed by atoms with E-state index in [2.05, 4.69) is 4.98 Å². The number of aryl methyl sites for hydroxylation is 1. The van der Waals surface area contributed by atoms with Gasteiger partial charge in [-0.2, -0.15) is 0 Å². The van der Waals surface area contributed by atoms with Crippen molar-refractivity contribution >= 4 is 11.3 Å². The van der Waals surface area contributed by atoms with E-state index in [4.69, 9.17) is 10.5 Å². The average molecular weight is 296 g/mol. The van der Waals surface area contributed by atoms with Gasteiger partial charge in [-0.1, -0.05) is 30.3 Å². The summed E-state index contributed by atoms with van der Waals surface area (Å²) in [4.78, 5) is 5.52. The van der Waals surface area contributed by atoms with Crippen LogP contribution in [0.15, 0.2) is 60.8 Å². The summed E-state index contributed by atoms with van der Waals surface area (Å²) in [5, 5.41) is 0.921. The second kappa shape index (κ2) is 6.08. The minimum absolute atomic E-state index is 0.219. The molecule has 3 nitrogen and oxygen atoms in total. The van der Waals surface area contributed by atoms with Crippen molar-refractivity contribution in [1.82, 2.24) is 4.98 Å². The molecule has 1 unspecified atom stereocenters. The van der Waals surface area contributed by atoms with Crippen molar-refractivity contribution in [3.63, 3.8) is 0 Å². The van der Waals surface area contributed by atoms with Crippen LogP contribution in [0.5, 0.6) is 11.5 Å². The minimum atomic E-state index is -0.219. The Labute approximate surface area is 128 Å². The van der Waals surface area contributed by atoms with Crippen molar-refractivity contribution in [3.8, 4) is 11.5 Å². The highest BCUT2D eigenvalue weighted by Crippen LogP contribution is 2.28.